The Morgan fingerprint density at radius 2 is 2.18 bits per heavy atom. The first-order valence-electron chi connectivity index (χ1n) is 4.46. The summed E-state index contributed by atoms with van der Waals surface area (Å²) in [5.41, 5.74) is 2.75. The summed E-state index contributed by atoms with van der Waals surface area (Å²) < 4.78 is 0. The van der Waals surface area contributed by atoms with Crippen LogP contribution >= 0.6 is 0 Å². The lowest BCUT2D eigenvalue weighted by atomic mass is 9.80. The summed E-state index contributed by atoms with van der Waals surface area (Å²) >= 11 is 0. The minimum Gasteiger partial charge on any atom is -0.0956 e. The van der Waals surface area contributed by atoms with Crippen LogP contribution < -0.4 is 0 Å². The summed E-state index contributed by atoms with van der Waals surface area (Å²) in [7, 11) is 0. The van der Waals surface area contributed by atoms with Gasteiger partial charge in [0.05, 0.1) is 0 Å². The molecule has 0 saturated heterocycles. The van der Waals surface area contributed by atoms with Gasteiger partial charge in [-0.3, -0.25) is 0 Å². The third-order valence-electron chi connectivity index (χ3n) is 2.74. The highest BCUT2D eigenvalue weighted by Gasteiger charge is 2.17. The smallest absolute Gasteiger partial charge is 0.0248 e. The molecule has 0 N–H and O–H groups in total. The SMILES string of the molecule is C=C1CC(C(C)C)CC=C1C. The van der Waals surface area contributed by atoms with Gasteiger partial charge in [0, 0.05) is 0 Å². The van der Waals surface area contributed by atoms with Crippen molar-refractivity contribution in [3.63, 3.8) is 0 Å². The maximum Gasteiger partial charge on any atom is -0.0248 e. The maximum absolute atomic E-state index is 4.06. The average Bonchev–Trinajstić information content (AvgIpc) is 1.94. The maximum atomic E-state index is 4.06. The van der Waals surface area contributed by atoms with E-state index in [-0.39, 0.29) is 0 Å². The van der Waals surface area contributed by atoms with E-state index in [0.29, 0.717) is 0 Å². The molecule has 0 bridgehead atoms. The minimum atomic E-state index is 0.802. The number of allylic oxidation sites excluding steroid dienone is 3. The van der Waals surface area contributed by atoms with Crippen molar-refractivity contribution in [2.45, 2.75) is 33.6 Å². The van der Waals surface area contributed by atoms with Crippen molar-refractivity contribution < 1.29 is 0 Å². The number of rotatable bonds is 1. The van der Waals surface area contributed by atoms with Gasteiger partial charge in [-0.1, -0.05) is 37.6 Å². The Hall–Kier alpha value is -0.520. The van der Waals surface area contributed by atoms with E-state index in [0.717, 1.165) is 11.8 Å². The van der Waals surface area contributed by atoms with Gasteiger partial charge in [-0.25, -0.2) is 0 Å². The van der Waals surface area contributed by atoms with Crippen LogP contribution in [0.3, 0.4) is 0 Å². The molecule has 0 aliphatic heterocycles. The van der Waals surface area contributed by atoms with Crippen molar-refractivity contribution >= 4 is 0 Å². The van der Waals surface area contributed by atoms with Gasteiger partial charge in [-0.2, -0.15) is 0 Å². The summed E-state index contributed by atoms with van der Waals surface area (Å²) in [6.45, 7) is 10.8. The third kappa shape index (κ3) is 1.95. The van der Waals surface area contributed by atoms with Gasteiger partial charge in [-0.15, -0.1) is 0 Å². The minimum absolute atomic E-state index is 0.802. The molecule has 0 nitrogen and oxygen atoms in total. The van der Waals surface area contributed by atoms with Crippen LogP contribution in [0.5, 0.6) is 0 Å². The van der Waals surface area contributed by atoms with E-state index >= 15 is 0 Å². The lowest BCUT2D eigenvalue weighted by Gasteiger charge is -2.25. The molecule has 1 atom stereocenters. The quantitative estimate of drug-likeness (QED) is 0.536. The Kier molecular flexibility index (Phi) is 2.53. The second-order valence-corrected chi connectivity index (χ2v) is 3.93. The fraction of sp³-hybridized carbons (Fsp3) is 0.636. The van der Waals surface area contributed by atoms with Crippen molar-refractivity contribution in [3.8, 4) is 0 Å². The monoisotopic (exact) mass is 150 g/mol. The van der Waals surface area contributed by atoms with Crippen molar-refractivity contribution in [1.82, 2.24) is 0 Å². The normalized spacial score (nSPS) is 25.6. The average molecular weight is 150 g/mol. The van der Waals surface area contributed by atoms with E-state index in [2.05, 4.69) is 33.4 Å². The van der Waals surface area contributed by atoms with Crippen LogP contribution in [-0.2, 0) is 0 Å². The molecule has 0 radical (unpaired) electrons. The first kappa shape index (κ1) is 8.58. The van der Waals surface area contributed by atoms with Gasteiger partial charge in [0.1, 0.15) is 0 Å². The number of hydrogen-bond acceptors (Lipinski definition) is 0. The molecule has 1 aliphatic rings. The largest absolute Gasteiger partial charge is 0.0956 e. The van der Waals surface area contributed by atoms with Gasteiger partial charge in [0.25, 0.3) is 0 Å². The van der Waals surface area contributed by atoms with Crippen LogP contribution in [0.15, 0.2) is 23.8 Å². The fourth-order valence-corrected chi connectivity index (χ4v) is 1.54. The molecule has 1 unspecified atom stereocenters. The van der Waals surface area contributed by atoms with Crippen LogP contribution in [0.4, 0.5) is 0 Å². The molecule has 0 saturated carbocycles. The highest BCUT2D eigenvalue weighted by molar-refractivity contribution is 5.29. The van der Waals surface area contributed by atoms with Gasteiger partial charge >= 0.3 is 0 Å². The zero-order valence-corrected chi connectivity index (χ0v) is 7.85. The molecule has 11 heavy (non-hydrogen) atoms. The van der Waals surface area contributed by atoms with Gasteiger partial charge in [0.15, 0.2) is 0 Å². The molecule has 0 amide bonds. The second kappa shape index (κ2) is 3.25. The molecule has 0 aromatic rings. The van der Waals surface area contributed by atoms with Gasteiger partial charge in [0.2, 0.25) is 0 Å². The molecule has 62 valence electrons. The van der Waals surface area contributed by atoms with E-state index in [1.807, 2.05) is 0 Å². The highest BCUT2D eigenvalue weighted by Crippen LogP contribution is 2.31. The standard InChI is InChI=1S/C11H18/c1-8(2)11-6-5-9(3)10(4)7-11/h5,8,11H,4,6-7H2,1-3H3. The van der Waals surface area contributed by atoms with Crippen LogP contribution in [0.25, 0.3) is 0 Å². The molecule has 0 aromatic carbocycles. The van der Waals surface area contributed by atoms with Gasteiger partial charge < -0.3 is 0 Å². The molecule has 1 rings (SSSR count). The van der Waals surface area contributed by atoms with E-state index in [4.69, 9.17) is 0 Å². The summed E-state index contributed by atoms with van der Waals surface area (Å²) in [5.74, 6) is 1.64. The summed E-state index contributed by atoms with van der Waals surface area (Å²) in [4.78, 5) is 0. The van der Waals surface area contributed by atoms with Crippen molar-refractivity contribution in [3.05, 3.63) is 23.8 Å². The zero-order valence-electron chi connectivity index (χ0n) is 7.85. The molecule has 0 heterocycles. The topological polar surface area (TPSA) is 0 Å². The molecule has 0 spiro atoms. The fourth-order valence-electron chi connectivity index (χ4n) is 1.54. The number of hydrogen-bond donors (Lipinski definition) is 0. The van der Waals surface area contributed by atoms with Crippen molar-refractivity contribution in [1.29, 1.82) is 0 Å². The molecule has 1 aliphatic carbocycles. The van der Waals surface area contributed by atoms with Crippen LogP contribution in [-0.4, -0.2) is 0 Å². The van der Waals surface area contributed by atoms with E-state index in [1.165, 1.54) is 24.0 Å². The first-order valence-corrected chi connectivity index (χ1v) is 4.46. The first-order chi connectivity index (χ1) is 5.11. The molecule has 0 aromatic heterocycles. The summed E-state index contributed by atoms with van der Waals surface area (Å²) in [6.07, 6.45) is 4.79. The Balaban J connectivity index is 2.62. The van der Waals surface area contributed by atoms with Crippen molar-refractivity contribution in [2.24, 2.45) is 11.8 Å². The second-order valence-electron chi connectivity index (χ2n) is 3.93. The Labute approximate surface area is 70.0 Å². The summed E-state index contributed by atoms with van der Waals surface area (Å²) in [6, 6.07) is 0. The molecule has 0 heteroatoms. The molecule has 0 fully saturated rings. The summed E-state index contributed by atoms with van der Waals surface area (Å²) in [5, 5.41) is 0. The van der Waals surface area contributed by atoms with Crippen LogP contribution in [0.1, 0.15) is 33.6 Å². The lowest BCUT2D eigenvalue weighted by Crippen LogP contribution is -2.12. The van der Waals surface area contributed by atoms with Crippen LogP contribution in [0.2, 0.25) is 0 Å². The Morgan fingerprint density at radius 3 is 2.64 bits per heavy atom. The molecular weight excluding hydrogens is 132 g/mol. The van der Waals surface area contributed by atoms with E-state index in [9.17, 15) is 0 Å². The predicted octanol–water partition coefficient (Wildman–Crippen LogP) is 3.55. The third-order valence-corrected chi connectivity index (χ3v) is 2.74. The Morgan fingerprint density at radius 1 is 1.55 bits per heavy atom. The lowest BCUT2D eigenvalue weighted by molar-refractivity contribution is 0.378. The predicted molar refractivity (Wildman–Crippen MR) is 50.5 cm³/mol. The van der Waals surface area contributed by atoms with Crippen LogP contribution in [0, 0.1) is 11.8 Å². The molecular formula is C11H18. The zero-order chi connectivity index (χ0) is 8.43. The van der Waals surface area contributed by atoms with Crippen molar-refractivity contribution in [2.75, 3.05) is 0 Å². The van der Waals surface area contributed by atoms with E-state index < -0.39 is 0 Å². The van der Waals surface area contributed by atoms with Gasteiger partial charge in [-0.05, 0) is 31.6 Å². The Bertz CT molecular complexity index is 184. The highest BCUT2D eigenvalue weighted by atomic mass is 14.2. The van der Waals surface area contributed by atoms with E-state index in [1.54, 1.807) is 0 Å².